The second kappa shape index (κ2) is 5.63. The summed E-state index contributed by atoms with van der Waals surface area (Å²) in [5.74, 6) is -1.07. The molecule has 0 aromatic heterocycles. The van der Waals surface area contributed by atoms with Crippen LogP contribution in [0.2, 0.25) is 0 Å². The maximum absolute atomic E-state index is 10.2. The smallest absolute Gasteiger partial charge is 0.235 e. The Balaban J connectivity index is 3.18. The van der Waals surface area contributed by atoms with Crippen molar-refractivity contribution in [3.63, 3.8) is 0 Å². The zero-order valence-corrected chi connectivity index (χ0v) is 12.7. The highest BCUT2D eigenvalue weighted by molar-refractivity contribution is 9.12. The van der Waals surface area contributed by atoms with Crippen molar-refractivity contribution < 1.29 is 14.6 Å². The van der Waals surface area contributed by atoms with Crippen LogP contribution in [-0.4, -0.2) is 30.2 Å². The molecule has 0 saturated heterocycles. The zero-order valence-electron chi connectivity index (χ0n) is 9.54. The lowest BCUT2D eigenvalue weighted by atomic mass is 9.92. The van der Waals surface area contributed by atoms with E-state index in [1.165, 1.54) is 19.3 Å². The minimum absolute atomic E-state index is 0.0386. The van der Waals surface area contributed by atoms with E-state index in [2.05, 4.69) is 31.9 Å². The summed E-state index contributed by atoms with van der Waals surface area (Å²) in [6.45, 7) is 2.29. The third-order valence-corrected chi connectivity index (χ3v) is 3.88. The quantitative estimate of drug-likeness (QED) is 0.776. The molecule has 0 heterocycles. The Bertz CT molecular complexity index is 378. The van der Waals surface area contributed by atoms with Crippen molar-refractivity contribution in [1.29, 1.82) is 5.26 Å². The molecule has 1 rings (SSSR count). The summed E-state index contributed by atoms with van der Waals surface area (Å²) < 4.78 is 12.0. The fourth-order valence-electron chi connectivity index (χ4n) is 1.61. The van der Waals surface area contributed by atoms with Gasteiger partial charge in [0.05, 0.1) is 21.5 Å². The Kier molecular flexibility index (Phi) is 4.93. The van der Waals surface area contributed by atoms with Crippen LogP contribution < -0.4 is 0 Å². The third-order valence-electron chi connectivity index (χ3n) is 2.38. The van der Waals surface area contributed by atoms with Gasteiger partial charge in [-0.2, -0.15) is 5.26 Å². The van der Waals surface area contributed by atoms with E-state index in [4.69, 9.17) is 14.7 Å². The highest BCUT2D eigenvalue weighted by Gasteiger charge is 2.44. The largest absolute Gasteiger partial charge is 0.380 e. The van der Waals surface area contributed by atoms with Crippen LogP contribution in [0.4, 0.5) is 0 Å². The monoisotopic (exact) mass is 365 g/mol. The Labute approximate surface area is 117 Å². The van der Waals surface area contributed by atoms with Crippen molar-refractivity contribution in [2.24, 2.45) is 0 Å². The Hall–Kier alpha value is -0.190. The summed E-state index contributed by atoms with van der Waals surface area (Å²) in [6, 6.07) is 1.93. The van der Waals surface area contributed by atoms with Crippen LogP contribution in [0, 0.1) is 11.3 Å². The lowest BCUT2D eigenvalue weighted by Gasteiger charge is -2.37. The number of nitriles is 1. The van der Waals surface area contributed by atoms with Gasteiger partial charge in [0.1, 0.15) is 5.60 Å². The van der Waals surface area contributed by atoms with Crippen LogP contribution in [0.15, 0.2) is 21.1 Å². The van der Waals surface area contributed by atoms with E-state index in [0.29, 0.717) is 15.6 Å². The molecule has 1 aliphatic rings. The fraction of sp³-hybridized carbons (Fsp3) is 0.545. The Morgan fingerprint density at radius 1 is 1.41 bits per heavy atom. The molecule has 4 nitrogen and oxygen atoms in total. The number of ether oxygens (including phenoxy) is 2. The summed E-state index contributed by atoms with van der Waals surface area (Å²) in [7, 11) is 1.51. The first-order chi connectivity index (χ1) is 7.94. The lowest BCUT2D eigenvalue weighted by Crippen LogP contribution is -2.42. The van der Waals surface area contributed by atoms with Crippen molar-refractivity contribution in [2.75, 3.05) is 13.7 Å². The molecule has 0 spiro atoms. The molecule has 0 amide bonds. The van der Waals surface area contributed by atoms with E-state index in [-0.39, 0.29) is 6.42 Å². The number of nitrogens with zero attached hydrogens (tertiary/aromatic N) is 1. The van der Waals surface area contributed by atoms with E-state index >= 15 is 0 Å². The van der Waals surface area contributed by atoms with Crippen molar-refractivity contribution in [3.05, 3.63) is 21.1 Å². The number of halogens is 2. The summed E-state index contributed by atoms with van der Waals surface area (Å²) in [5, 5.41) is 18.8. The van der Waals surface area contributed by atoms with Crippen molar-refractivity contribution >= 4 is 31.9 Å². The first-order valence-corrected chi connectivity index (χ1v) is 6.59. The second-order valence-corrected chi connectivity index (χ2v) is 5.27. The Morgan fingerprint density at radius 3 is 2.29 bits per heavy atom. The summed E-state index contributed by atoms with van der Waals surface area (Å²) >= 11 is 6.66. The molecule has 0 aliphatic heterocycles. The molecule has 0 aromatic rings. The number of hydrogen-bond donors (Lipinski definition) is 1. The molecule has 0 unspecified atom stereocenters. The zero-order chi connectivity index (χ0) is 13.1. The van der Waals surface area contributed by atoms with Crippen LogP contribution in [0.5, 0.6) is 0 Å². The average Bonchev–Trinajstić information content (AvgIpc) is 2.23. The topological polar surface area (TPSA) is 62.5 Å². The van der Waals surface area contributed by atoms with E-state index in [0.717, 1.165) is 0 Å². The Morgan fingerprint density at radius 2 is 1.94 bits per heavy atom. The van der Waals surface area contributed by atoms with Crippen LogP contribution in [0.1, 0.15) is 13.3 Å². The first kappa shape index (κ1) is 14.9. The molecule has 17 heavy (non-hydrogen) atoms. The van der Waals surface area contributed by atoms with Gasteiger partial charge in [0.2, 0.25) is 5.79 Å². The summed E-state index contributed by atoms with van der Waals surface area (Å²) in [5.41, 5.74) is -1.31. The fourth-order valence-corrected chi connectivity index (χ4v) is 3.65. The summed E-state index contributed by atoms with van der Waals surface area (Å²) in [4.78, 5) is 0. The maximum Gasteiger partial charge on any atom is 0.235 e. The van der Waals surface area contributed by atoms with Crippen LogP contribution in [-0.2, 0) is 9.47 Å². The predicted molar refractivity (Wildman–Crippen MR) is 70.6 cm³/mol. The number of rotatable bonds is 4. The van der Waals surface area contributed by atoms with Crippen LogP contribution in [0.3, 0.4) is 0 Å². The van der Waals surface area contributed by atoms with E-state index in [9.17, 15) is 5.11 Å². The number of hydrogen-bond acceptors (Lipinski definition) is 4. The molecular weight excluding hydrogens is 354 g/mol. The second-order valence-electron chi connectivity index (χ2n) is 3.56. The van der Waals surface area contributed by atoms with Crippen molar-refractivity contribution in [2.45, 2.75) is 24.7 Å². The SMILES string of the molecule is CCOC1(OC)C(Br)=CC(O)(CC#N)C=C1Br. The molecule has 0 saturated carbocycles. The normalized spacial score (nSPS) is 32.7. The van der Waals surface area contributed by atoms with Crippen molar-refractivity contribution in [3.8, 4) is 6.07 Å². The van der Waals surface area contributed by atoms with Gasteiger partial charge in [-0.3, -0.25) is 0 Å². The van der Waals surface area contributed by atoms with Gasteiger partial charge < -0.3 is 14.6 Å². The molecule has 0 atom stereocenters. The van der Waals surface area contributed by atoms with Gasteiger partial charge in [-0.25, -0.2) is 0 Å². The third kappa shape index (κ3) is 2.80. The minimum atomic E-state index is -1.31. The number of methoxy groups -OCH3 is 1. The molecule has 94 valence electrons. The highest BCUT2D eigenvalue weighted by atomic mass is 79.9. The van der Waals surface area contributed by atoms with Crippen molar-refractivity contribution in [1.82, 2.24) is 0 Å². The van der Waals surface area contributed by atoms with Crippen LogP contribution >= 0.6 is 31.9 Å². The maximum atomic E-state index is 10.2. The van der Waals surface area contributed by atoms with Gasteiger partial charge in [0.25, 0.3) is 0 Å². The standard InChI is InChI=1S/C11H13Br2NO3/c1-3-17-11(16-2)8(12)6-10(15,4-5-14)7-9(11)13/h6-7,15H,3-4H2,1-2H3. The van der Waals surface area contributed by atoms with Gasteiger partial charge in [-0.1, -0.05) is 0 Å². The molecule has 0 radical (unpaired) electrons. The van der Waals surface area contributed by atoms with Gasteiger partial charge >= 0.3 is 0 Å². The van der Waals surface area contributed by atoms with Crippen LogP contribution in [0.25, 0.3) is 0 Å². The van der Waals surface area contributed by atoms with Gasteiger partial charge in [0, 0.05) is 13.7 Å². The van der Waals surface area contributed by atoms with E-state index in [1.54, 1.807) is 0 Å². The van der Waals surface area contributed by atoms with Gasteiger partial charge in [0.15, 0.2) is 0 Å². The lowest BCUT2D eigenvalue weighted by molar-refractivity contribution is -0.157. The minimum Gasteiger partial charge on any atom is -0.380 e. The predicted octanol–water partition coefficient (Wildman–Crippen LogP) is 2.58. The first-order valence-electron chi connectivity index (χ1n) is 5.00. The summed E-state index contributed by atoms with van der Waals surface area (Å²) in [6.07, 6.45) is 2.99. The van der Waals surface area contributed by atoms with E-state index < -0.39 is 11.4 Å². The molecule has 0 bridgehead atoms. The van der Waals surface area contributed by atoms with E-state index in [1.807, 2.05) is 13.0 Å². The molecule has 1 aliphatic carbocycles. The molecule has 0 fully saturated rings. The molecule has 1 N–H and O–H groups in total. The molecule has 0 aromatic carbocycles. The molecule has 6 heteroatoms. The van der Waals surface area contributed by atoms with Gasteiger partial charge in [-0.15, -0.1) is 0 Å². The molecular formula is C11H13Br2NO3. The number of aliphatic hydroxyl groups is 1. The average molecular weight is 367 g/mol. The highest BCUT2D eigenvalue weighted by Crippen LogP contribution is 2.44. The van der Waals surface area contributed by atoms with Gasteiger partial charge in [-0.05, 0) is 50.9 Å².